The van der Waals surface area contributed by atoms with Crippen molar-refractivity contribution in [1.82, 2.24) is 4.31 Å². The molecule has 0 unspecified atom stereocenters. The minimum Gasteiger partial charge on any atom is -0.495 e. The quantitative estimate of drug-likeness (QED) is 0.721. The van der Waals surface area contributed by atoms with Gasteiger partial charge in [0.05, 0.1) is 12.7 Å². The van der Waals surface area contributed by atoms with Gasteiger partial charge in [0.15, 0.2) is 0 Å². The van der Waals surface area contributed by atoms with Crippen molar-refractivity contribution in [1.29, 1.82) is 0 Å². The molecule has 2 aromatic rings. The van der Waals surface area contributed by atoms with Crippen LogP contribution in [0.4, 0.5) is 18.9 Å². The summed E-state index contributed by atoms with van der Waals surface area (Å²) < 4.78 is 70.0. The van der Waals surface area contributed by atoms with Crippen molar-refractivity contribution in [2.24, 2.45) is 0 Å². The number of ether oxygens (including phenoxy) is 1. The van der Waals surface area contributed by atoms with Crippen LogP contribution in [0, 0.1) is 0 Å². The van der Waals surface area contributed by atoms with E-state index in [1.165, 1.54) is 29.6 Å². The van der Waals surface area contributed by atoms with E-state index in [0.29, 0.717) is 0 Å². The summed E-state index contributed by atoms with van der Waals surface area (Å²) in [6.45, 7) is 3.86. The molecule has 1 amide bonds. The Labute approximate surface area is 167 Å². The molecular formula is C19H21F3N2O4S. The Hall–Kier alpha value is -2.59. The van der Waals surface area contributed by atoms with E-state index in [1.54, 1.807) is 13.8 Å². The van der Waals surface area contributed by atoms with Gasteiger partial charge in [0.1, 0.15) is 10.6 Å². The summed E-state index contributed by atoms with van der Waals surface area (Å²) >= 11 is 0. The second-order valence-corrected chi connectivity index (χ2v) is 7.89. The highest BCUT2D eigenvalue weighted by molar-refractivity contribution is 7.89. The van der Waals surface area contributed by atoms with E-state index in [9.17, 15) is 26.4 Å². The molecule has 29 heavy (non-hydrogen) atoms. The number of halogens is 3. The van der Waals surface area contributed by atoms with Crippen LogP contribution in [0.3, 0.4) is 0 Å². The number of methoxy groups -OCH3 is 1. The van der Waals surface area contributed by atoms with Gasteiger partial charge >= 0.3 is 6.18 Å². The Balaban J connectivity index is 2.34. The highest BCUT2D eigenvalue weighted by Gasteiger charge is 2.30. The normalized spacial score (nSPS) is 12.1. The van der Waals surface area contributed by atoms with E-state index in [0.717, 1.165) is 24.3 Å². The SMILES string of the molecule is CCN(CC)S(=O)(=O)c1cc(C(=O)Nc2ccc(C(F)(F)F)cc2)ccc1OC. The number of nitrogens with zero attached hydrogens (tertiary/aromatic N) is 1. The fourth-order valence-electron chi connectivity index (χ4n) is 2.67. The van der Waals surface area contributed by atoms with Crippen LogP contribution in [0.1, 0.15) is 29.8 Å². The molecule has 0 radical (unpaired) electrons. The predicted octanol–water partition coefficient (Wildman–Crippen LogP) is 4.00. The van der Waals surface area contributed by atoms with Crippen molar-refractivity contribution in [3.8, 4) is 5.75 Å². The molecule has 0 heterocycles. The van der Waals surface area contributed by atoms with Crippen LogP contribution in [-0.2, 0) is 16.2 Å². The first-order chi connectivity index (χ1) is 13.5. The maximum atomic E-state index is 12.8. The molecule has 0 bridgehead atoms. The van der Waals surface area contributed by atoms with Gasteiger partial charge in [-0.25, -0.2) is 8.42 Å². The highest BCUT2D eigenvalue weighted by Crippen LogP contribution is 2.30. The Morgan fingerprint density at radius 1 is 1.07 bits per heavy atom. The number of nitrogens with one attached hydrogen (secondary N) is 1. The van der Waals surface area contributed by atoms with Crippen LogP contribution in [0.2, 0.25) is 0 Å². The number of rotatable bonds is 7. The van der Waals surface area contributed by atoms with Crippen molar-refractivity contribution in [2.75, 3.05) is 25.5 Å². The van der Waals surface area contributed by atoms with Crippen molar-refractivity contribution in [3.63, 3.8) is 0 Å². The molecule has 6 nitrogen and oxygen atoms in total. The van der Waals surface area contributed by atoms with E-state index >= 15 is 0 Å². The maximum absolute atomic E-state index is 12.8. The van der Waals surface area contributed by atoms with Gasteiger partial charge in [0, 0.05) is 24.3 Å². The number of anilines is 1. The molecule has 0 atom stereocenters. The summed E-state index contributed by atoms with van der Waals surface area (Å²) in [6.07, 6.45) is -4.48. The highest BCUT2D eigenvalue weighted by atomic mass is 32.2. The number of benzene rings is 2. The smallest absolute Gasteiger partial charge is 0.416 e. The van der Waals surface area contributed by atoms with Crippen LogP contribution in [-0.4, -0.2) is 38.8 Å². The molecule has 0 aliphatic carbocycles. The average molecular weight is 430 g/mol. The molecule has 0 aliphatic rings. The fourth-order valence-corrected chi connectivity index (χ4v) is 4.31. The molecule has 0 spiro atoms. The first kappa shape index (κ1) is 22.7. The summed E-state index contributed by atoms with van der Waals surface area (Å²) in [6, 6.07) is 7.86. The van der Waals surface area contributed by atoms with Gasteiger partial charge in [0.25, 0.3) is 5.91 Å². The van der Waals surface area contributed by atoms with Gasteiger partial charge in [0.2, 0.25) is 10.0 Å². The van der Waals surface area contributed by atoms with Gasteiger partial charge in [-0.05, 0) is 42.5 Å². The fraction of sp³-hybridized carbons (Fsp3) is 0.316. The largest absolute Gasteiger partial charge is 0.495 e. The number of carbonyl (C=O) groups is 1. The van der Waals surface area contributed by atoms with Gasteiger partial charge in [-0.3, -0.25) is 4.79 Å². The van der Waals surface area contributed by atoms with Gasteiger partial charge in [-0.2, -0.15) is 17.5 Å². The van der Waals surface area contributed by atoms with Gasteiger partial charge in [-0.1, -0.05) is 13.8 Å². The minimum atomic E-state index is -4.48. The van der Waals surface area contributed by atoms with E-state index in [4.69, 9.17) is 4.74 Å². The Morgan fingerprint density at radius 2 is 1.66 bits per heavy atom. The topological polar surface area (TPSA) is 75.7 Å². The molecular weight excluding hydrogens is 409 g/mol. The zero-order chi connectivity index (χ0) is 21.8. The third-order valence-corrected chi connectivity index (χ3v) is 6.29. The standard InChI is InChI=1S/C19H21F3N2O4S/c1-4-24(5-2)29(26,27)17-12-13(6-11-16(17)28-3)18(25)23-15-9-7-14(8-10-15)19(20,21)22/h6-12H,4-5H2,1-3H3,(H,23,25). The molecule has 2 aromatic carbocycles. The van der Waals surface area contributed by atoms with Crippen LogP contribution >= 0.6 is 0 Å². The molecule has 0 saturated heterocycles. The molecule has 0 saturated carbocycles. The lowest BCUT2D eigenvalue weighted by Gasteiger charge is -2.20. The maximum Gasteiger partial charge on any atom is 0.416 e. The second kappa shape index (κ2) is 8.83. The third-order valence-electron chi connectivity index (χ3n) is 4.22. The monoisotopic (exact) mass is 430 g/mol. The Morgan fingerprint density at radius 3 is 2.14 bits per heavy atom. The number of sulfonamides is 1. The molecule has 0 fully saturated rings. The van der Waals surface area contributed by atoms with Gasteiger partial charge < -0.3 is 10.1 Å². The van der Waals surface area contributed by atoms with Crippen LogP contribution in [0.5, 0.6) is 5.75 Å². The Kier molecular flexibility index (Phi) is 6.91. The van der Waals surface area contributed by atoms with Crippen molar-refractivity contribution < 1.29 is 31.1 Å². The van der Waals surface area contributed by atoms with E-state index in [2.05, 4.69) is 5.32 Å². The third kappa shape index (κ3) is 5.07. The molecule has 0 aromatic heterocycles. The van der Waals surface area contributed by atoms with Crippen molar-refractivity contribution in [2.45, 2.75) is 24.9 Å². The summed E-state index contributed by atoms with van der Waals surface area (Å²) in [7, 11) is -2.57. The first-order valence-corrected chi connectivity index (χ1v) is 10.1. The Bertz CT molecular complexity index is 970. The van der Waals surface area contributed by atoms with Crippen LogP contribution in [0.15, 0.2) is 47.4 Å². The summed E-state index contributed by atoms with van der Waals surface area (Å²) in [5.41, 5.74) is -0.670. The van der Waals surface area contributed by atoms with E-state index in [-0.39, 0.29) is 35.0 Å². The zero-order valence-electron chi connectivity index (χ0n) is 16.1. The number of carbonyl (C=O) groups excluding carboxylic acids is 1. The average Bonchev–Trinajstić information content (AvgIpc) is 2.67. The molecule has 0 aliphatic heterocycles. The number of hydrogen-bond donors (Lipinski definition) is 1. The predicted molar refractivity (Wildman–Crippen MR) is 102 cm³/mol. The first-order valence-electron chi connectivity index (χ1n) is 8.71. The summed E-state index contributed by atoms with van der Waals surface area (Å²) in [4.78, 5) is 12.3. The second-order valence-electron chi connectivity index (χ2n) is 5.98. The molecule has 1 N–H and O–H groups in total. The number of hydrogen-bond acceptors (Lipinski definition) is 4. The lowest BCUT2D eigenvalue weighted by Crippen LogP contribution is -2.31. The van der Waals surface area contributed by atoms with Crippen LogP contribution < -0.4 is 10.1 Å². The zero-order valence-corrected chi connectivity index (χ0v) is 16.9. The lowest BCUT2D eigenvalue weighted by atomic mass is 10.1. The molecule has 2 rings (SSSR count). The minimum absolute atomic E-state index is 0.0245. The number of amides is 1. The van der Waals surface area contributed by atoms with E-state index in [1.807, 2.05) is 0 Å². The summed E-state index contributed by atoms with van der Waals surface area (Å²) in [5.74, 6) is -0.577. The summed E-state index contributed by atoms with van der Waals surface area (Å²) in [5, 5.41) is 2.45. The lowest BCUT2D eigenvalue weighted by molar-refractivity contribution is -0.137. The van der Waals surface area contributed by atoms with Gasteiger partial charge in [-0.15, -0.1) is 0 Å². The molecule has 158 valence electrons. The number of alkyl halides is 3. The van der Waals surface area contributed by atoms with Crippen LogP contribution in [0.25, 0.3) is 0 Å². The van der Waals surface area contributed by atoms with E-state index < -0.39 is 27.7 Å². The van der Waals surface area contributed by atoms with Crippen molar-refractivity contribution >= 4 is 21.6 Å². The van der Waals surface area contributed by atoms with Crippen molar-refractivity contribution in [3.05, 3.63) is 53.6 Å². The molecule has 10 heteroatoms.